The molecule has 3 aromatic rings. The lowest BCUT2D eigenvalue weighted by Gasteiger charge is -2.29. The third kappa shape index (κ3) is 3.38. The van der Waals surface area contributed by atoms with E-state index in [4.69, 9.17) is 4.74 Å². The highest BCUT2D eigenvalue weighted by molar-refractivity contribution is 6.09. The molecule has 2 heterocycles. The van der Waals surface area contributed by atoms with Crippen molar-refractivity contribution in [1.29, 1.82) is 0 Å². The van der Waals surface area contributed by atoms with E-state index in [0.29, 0.717) is 5.69 Å². The molecule has 1 fully saturated rings. The Bertz CT molecular complexity index is 896. The highest BCUT2D eigenvalue weighted by Gasteiger charge is 2.17. The first-order chi connectivity index (χ1) is 12.2. The summed E-state index contributed by atoms with van der Waals surface area (Å²) in [7, 11) is 0. The Morgan fingerprint density at radius 3 is 2.84 bits per heavy atom. The molecule has 0 radical (unpaired) electrons. The van der Waals surface area contributed by atoms with E-state index >= 15 is 0 Å². The first-order valence-corrected chi connectivity index (χ1v) is 8.82. The maximum absolute atomic E-state index is 12.6. The highest BCUT2D eigenvalue weighted by atomic mass is 16.5. The zero-order valence-corrected chi connectivity index (χ0v) is 14.4. The van der Waals surface area contributed by atoms with Crippen molar-refractivity contribution in [2.24, 2.45) is 0 Å². The number of carbonyl (C=O) groups excluding carboxylic acids is 1. The lowest BCUT2D eigenvalue weighted by Crippen LogP contribution is -2.46. The SMILES string of the molecule is C[C@@H](CN1CCOCC1)NC(=O)c1cc2c(ccc3ccccc32)[nH]1. The minimum atomic E-state index is -0.0546. The summed E-state index contributed by atoms with van der Waals surface area (Å²) in [6, 6.07) is 14.4. The van der Waals surface area contributed by atoms with Crippen LogP contribution in [-0.2, 0) is 4.74 Å². The summed E-state index contributed by atoms with van der Waals surface area (Å²) in [5.74, 6) is -0.0546. The van der Waals surface area contributed by atoms with Crippen molar-refractivity contribution in [2.75, 3.05) is 32.8 Å². The lowest BCUT2D eigenvalue weighted by atomic mass is 10.1. The predicted octanol–water partition coefficient (Wildman–Crippen LogP) is 2.77. The van der Waals surface area contributed by atoms with E-state index in [-0.39, 0.29) is 11.9 Å². The second kappa shape index (κ2) is 6.86. The zero-order valence-electron chi connectivity index (χ0n) is 14.4. The van der Waals surface area contributed by atoms with Crippen LogP contribution in [-0.4, -0.2) is 54.7 Å². The standard InChI is InChI=1S/C20H23N3O2/c1-14(13-23-8-10-25-11-9-23)21-20(24)19-12-17-16-5-3-2-4-15(16)6-7-18(17)22-19/h2-7,12,14,22H,8-11,13H2,1H3,(H,21,24)/t14-/m0/s1. The normalized spacial score (nSPS) is 17.0. The number of carbonyl (C=O) groups is 1. The van der Waals surface area contributed by atoms with Gasteiger partial charge in [-0.2, -0.15) is 0 Å². The Kier molecular flexibility index (Phi) is 4.42. The van der Waals surface area contributed by atoms with Crippen LogP contribution in [0, 0.1) is 0 Å². The van der Waals surface area contributed by atoms with Gasteiger partial charge in [-0.05, 0) is 29.8 Å². The average molecular weight is 337 g/mol. The molecule has 0 aliphatic carbocycles. The topological polar surface area (TPSA) is 57.4 Å². The maximum Gasteiger partial charge on any atom is 0.267 e. The van der Waals surface area contributed by atoms with Gasteiger partial charge in [-0.3, -0.25) is 9.69 Å². The largest absolute Gasteiger partial charge is 0.379 e. The number of morpholine rings is 1. The molecular formula is C20H23N3O2. The molecule has 0 saturated carbocycles. The van der Waals surface area contributed by atoms with Crippen LogP contribution in [0.15, 0.2) is 42.5 Å². The molecule has 2 N–H and O–H groups in total. The van der Waals surface area contributed by atoms with Crippen LogP contribution in [0.3, 0.4) is 0 Å². The molecule has 130 valence electrons. The van der Waals surface area contributed by atoms with Gasteiger partial charge in [0.1, 0.15) is 5.69 Å². The van der Waals surface area contributed by atoms with Gasteiger partial charge in [0.2, 0.25) is 0 Å². The molecule has 25 heavy (non-hydrogen) atoms. The van der Waals surface area contributed by atoms with E-state index in [1.165, 1.54) is 5.39 Å². The summed E-state index contributed by atoms with van der Waals surface area (Å²) in [4.78, 5) is 18.2. The number of rotatable bonds is 4. The van der Waals surface area contributed by atoms with Crippen molar-refractivity contribution in [2.45, 2.75) is 13.0 Å². The van der Waals surface area contributed by atoms with Gasteiger partial charge in [-0.25, -0.2) is 0 Å². The number of H-pyrrole nitrogens is 1. The first-order valence-electron chi connectivity index (χ1n) is 8.82. The van der Waals surface area contributed by atoms with Gasteiger partial charge in [0.15, 0.2) is 0 Å². The highest BCUT2D eigenvalue weighted by Crippen LogP contribution is 2.25. The molecule has 1 aliphatic heterocycles. The Labute approximate surface area is 147 Å². The van der Waals surface area contributed by atoms with Gasteiger partial charge < -0.3 is 15.0 Å². The van der Waals surface area contributed by atoms with Gasteiger partial charge in [-0.1, -0.05) is 30.3 Å². The number of hydrogen-bond donors (Lipinski definition) is 2. The molecule has 5 heteroatoms. The molecule has 1 amide bonds. The van der Waals surface area contributed by atoms with Crippen molar-refractivity contribution >= 4 is 27.6 Å². The summed E-state index contributed by atoms with van der Waals surface area (Å²) >= 11 is 0. The maximum atomic E-state index is 12.6. The minimum Gasteiger partial charge on any atom is -0.379 e. The molecular weight excluding hydrogens is 314 g/mol. The fourth-order valence-electron chi connectivity index (χ4n) is 3.53. The van der Waals surface area contributed by atoms with Crippen molar-refractivity contribution < 1.29 is 9.53 Å². The second-order valence-electron chi connectivity index (χ2n) is 6.72. The lowest BCUT2D eigenvalue weighted by molar-refractivity contribution is 0.0342. The van der Waals surface area contributed by atoms with Crippen LogP contribution in [0.25, 0.3) is 21.7 Å². The number of ether oxygens (including phenoxy) is 1. The van der Waals surface area contributed by atoms with Gasteiger partial charge in [0.25, 0.3) is 5.91 Å². The van der Waals surface area contributed by atoms with Gasteiger partial charge in [0.05, 0.1) is 13.2 Å². The van der Waals surface area contributed by atoms with Crippen molar-refractivity contribution in [3.63, 3.8) is 0 Å². The molecule has 0 bridgehead atoms. The number of hydrogen-bond acceptors (Lipinski definition) is 3. The van der Waals surface area contributed by atoms with Crippen LogP contribution < -0.4 is 5.32 Å². The van der Waals surface area contributed by atoms with Crippen molar-refractivity contribution in [3.8, 4) is 0 Å². The summed E-state index contributed by atoms with van der Waals surface area (Å²) in [5.41, 5.74) is 1.60. The molecule has 5 nitrogen and oxygen atoms in total. The van der Waals surface area contributed by atoms with Crippen molar-refractivity contribution in [3.05, 3.63) is 48.2 Å². The molecule has 2 aromatic carbocycles. The summed E-state index contributed by atoms with van der Waals surface area (Å²) in [6.07, 6.45) is 0. The van der Waals surface area contributed by atoms with E-state index in [0.717, 1.165) is 49.1 Å². The first kappa shape index (κ1) is 16.1. The van der Waals surface area contributed by atoms with Gasteiger partial charge in [0, 0.05) is 36.6 Å². The van der Waals surface area contributed by atoms with E-state index in [9.17, 15) is 4.79 Å². The number of fused-ring (bicyclic) bond motifs is 3. The average Bonchev–Trinajstić information content (AvgIpc) is 3.07. The van der Waals surface area contributed by atoms with E-state index in [1.807, 2.05) is 31.2 Å². The summed E-state index contributed by atoms with van der Waals surface area (Å²) in [5, 5.41) is 6.53. The summed E-state index contributed by atoms with van der Waals surface area (Å²) in [6.45, 7) is 6.30. The zero-order chi connectivity index (χ0) is 17.2. The van der Waals surface area contributed by atoms with Crippen LogP contribution in [0.1, 0.15) is 17.4 Å². The fourth-order valence-corrected chi connectivity index (χ4v) is 3.53. The Balaban J connectivity index is 1.50. The minimum absolute atomic E-state index is 0.0546. The fraction of sp³-hybridized carbons (Fsp3) is 0.350. The Morgan fingerprint density at radius 1 is 1.20 bits per heavy atom. The molecule has 0 unspecified atom stereocenters. The predicted molar refractivity (Wildman–Crippen MR) is 100.0 cm³/mol. The number of nitrogens with zero attached hydrogens (tertiary/aromatic N) is 1. The monoisotopic (exact) mass is 337 g/mol. The third-order valence-electron chi connectivity index (χ3n) is 4.79. The van der Waals surface area contributed by atoms with E-state index in [1.54, 1.807) is 0 Å². The molecule has 1 atom stereocenters. The van der Waals surface area contributed by atoms with Crippen LogP contribution in [0.2, 0.25) is 0 Å². The Hall–Kier alpha value is -2.37. The van der Waals surface area contributed by atoms with E-state index < -0.39 is 0 Å². The number of nitrogens with one attached hydrogen (secondary N) is 2. The van der Waals surface area contributed by atoms with Crippen molar-refractivity contribution in [1.82, 2.24) is 15.2 Å². The quantitative estimate of drug-likeness (QED) is 0.770. The molecule has 1 saturated heterocycles. The van der Waals surface area contributed by atoms with Crippen LogP contribution in [0.4, 0.5) is 0 Å². The number of benzene rings is 2. The third-order valence-corrected chi connectivity index (χ3v) is 4.79. The molecule has 1 aromatic heterocycles. The second-order valence-corrected chi connectivity index (χ2v) is 6.72. The molecule has 0 spiro atoms. The van der Waals surface area contributed by atoms with Crippen LogP contribution in [0.5, 0.6) is 0 Å². The molecule has 4 rings (SSSR count). The number of aromatic amines is 1. The molecule has 1 aliphatic rings. The summed E-state index contributed by atoms with van der Waals surface area (Å²) < 4.78 is 5.37. The van der Waals surface area contributed by atoms with Gasteiger partial charge in [-0.15, -0.1) is 0 Å². The number of aromatic nitrogens is 1. The Morgan fingerprint density at radius 2 is 2.00 bits per heavy atom. The van der Waals surface area contributed by atoms with Crippen LogP contribution >= 0.6 is 0 Å². The smallest absolute Gasteiger partial charge is 0.267 e. The van der Waals surface area contributed by atoms with E-state index in [2.05, 4.69) is 33.4 Å². The van der Waals surface area contributed by atoms with Gasteiger partial charge >= 0.3 is 0 Å². The number of amides is 1.